The third kappa shape index (κ3) is 3.37. The van der Waals surface area contributed by atoms with Crippen LogP contribution in [0.25, 0.3) is 0 Å². The fourth-order valence-electron chi connectivity index (χ4n) is 2.14. The lowest BCUT2D eigenvalue weighted by atomic mass is 10.0. The van der Waals surface area contributed by atoms with Crippen LogP contribution in [0.2, 0.25) is 5.02 Å². The summed E-state index contributed by atoms with van der Waals surface area (Å²) >= 11 is 6.00. The van der Waals surface area contributed by atoms with Gasteiger partial charge in [-0.1, -0.05) is 30.7 Å². The van der Waals surface area contributed by atoms with E-state index in [1.165, 1.54) is 0 Å². The molecule has 3 nitrogen and oxygen atoms in total. The van der Waals surface area contributed by atoms with Gasteiger partial charge in [0, 0.05) is 30.4 Å². The maximum absolute atomic E-state index is 10.3. The zero-order chi connectivity index (χ0) is 13.8. The Morgan fingerprint density at radius 2 is 2.21 bits per heavy atom. The lowest BCUT2D eigenvalue weighted by Crippen LogP contribution is -2.09. The van der Waals surface area contributed by atoms with Crippen molar-refractivity contribution in [2.75, 3.05) is 0 Å². The summed E-state index contributed by atoms with van der Waals surface area (Å²) in [6.45, 7) is 5.00. The topological polar surface area (TPSA) is 38.0 Å². The Morgan fingerprint density at radius 3 is 2.89 bits per heavy atom. The van der Waals surface area contributed by atoms with Crippen LogP contribution < -0.4 is 0 Å². The molecule has 0 bridgehead atoms. The molecule has 2 aromatic rings. The van der Waals surface area contributed by atoms with Crippen LogP contribution >= 0.6 is 11.6 Å². The first-order valence-corrected chi connectivity index (χ1v) is 6.93. The maximum atomic E-state index is 10.3. The normalized spacial score (nSPS) is 12.6. The van der Waals surface area contributed by atoms with Crippen molar-refractivity contribution in [3.8, 4) is 0 Å². The Kier molecular flexibility index (Phi) is 4.61. The average Bonchev–Trinajstić information content (AvgIpc) is 2.80. The van der Waals surface area contributed by atoms with E-state index in [1.54, 1.807) is 6.20 Å². The van der Waals surface area contributed by atoms with Crippen LogP contribution in [0, 0.1) is 6.92 Å². The Bertz CT molecular complexity index is 551. The van der Waals surface area contributed by atoms with Crippen molar-refractivity contribution < 1.29 is 5.11 Å². The first kappa shape index (κ1) is 14.1. The Morgan fingerprint density at radius 1 is 1.42 bits per heavy atom. The molecule has 0 saturated heterocycles. The van der Waals surface area contributed by atoms with Crippen LogP contribution in [0.15, 0.2) is 30.6 Å². The second-order valence-electron chi connectivity index (χ2n) is 4.77. The number of aromatic nitrogens is 2. The number of hydrogen-bond donors (Lipinski definition) is 1. The van der Waals surface area contributed by atoms with E-state index in [2.05, 4.69) is 16.5 Å². The zero-order valence-electron chi connectivity index (χ0n) is 11.3. The third-order valence-electron chi connectivity index (χ3n) is 3.21. The van der Waals surface area contributed by atoms with Crippen molar-refractivity contribution >= 4 is 11.6 Å². The van der Waals surface area contributed by atoms with E-state index in [1.807, 2.05) is 31.3 Å². The molecule has 102 valence electrons. The van der Waals surface area contributed by atoms with Gasteiger partial charge >= 0.3 is 0 Å². The summed E-state index contributed by atoms with van der Waals surface area (Å²) in [4.78, 5) is 4.32. The molecule has 1 unspecified atom stereocenters. The average molecular weight is 279 g/mol. The number of aliphatic hydroxyl groups is 1. The molecule has 0 saturated carbocycles. The highest BCUT2D eigenvalue weighted by Gasteiger charge is 2.13. The Labute approximate surface area is 118 Å². The zero-order valence-corrected chi connectivity index (χ0v) is 12.1. The predicted molar refractivity (Wildman–Crippen MR) is 77.4 cm³/mol. The van der Waals surface area contributed by atoms with Gasteiger partial charge in [0.05, 0.1) is 6.10 Å². The highest BCUT2D eigenvalue weighted by Crippen LogP contribution is 2.23. The molecule has 0 amide bonds. The molecule has 19 heavy (non-hydrogen) atoms. The molecule has 1 heterocycles. The molecule has 0 radical (unpaired) electrons. The number of halogens is 1. The Hall–Kier alpha value is -1.32. The van der Waals surface area contributed by atoms with E-state index in [0.717, 1.165) is 34.9 Å². The van der Waals surface area contributed by atoms with Gasteiger partial charge in [-0.2, -0.15) is 0 Å². The molecular formula is C15H19ClN2O. The van der Waals surface area contributed by atoms with Crippen LogP contribution in [0.5, 0.6) is 0 Å². The van der Waals surface area contributed by atoms with E-state index >= 15 is 0 Å². The van der Waals surface area contributed by atoms with Crippen LogP contribution in [0.4, 0.5) is 0 Å². The summed E-state index contributed by atoms with van der Waals surface area (Å²) in [6, 6.07) is 5.63. The van der Waals surface area contributed by atoms with E-state index < -0.39 is 6.10 Å². The smallest absolute Gasteiger partial charge is 0.111 e. The van der Waals surface area contributed by atoms with Gasteiger partial charge in [0.2, 0.25) is 0 Å². The van der Waals surface area contributed by atoms with Gasteiger partial charge in [0.1, 0.15) is 5.82 Å². The number of rotatable bonds is 5. The molecule has 0 aliphatic rings. The summed E-state index contributed by atoms with van der Waals surface area (Å²) in [5, 5.41) is 11.0. The summed E-state index contributed by atoms with van der Waals surface area (Å²) < 4.78 is 2.09. The lowest BCUT2D eigenvalue weighted by molar-refractivity contribution is 0.174. The van der Waals surface area contributed by atoms with Crippen molar-refractivity contribution in [3.63, 3.8) is 0 Å². The van der Waals surface area contributed by atoms with Crippen molar-refractivity contribution in [1.29, 1.82) is 0 Å². The summed E-state index contributed by atoms with van der Waals surface area (Å²) in [6.07, 6.45) is 4.77. The van der Waals surface area contributed by atoms with Crippen molar-refractivity contribution in [1.82, 2.24) is 9.55 Å². The predicted octanol–water partition coefficient (Wildman–Crippen LogP) is 3.53. The van der Waals surface area contributed by atoms with Crippen LogP contribution in [-0.2, 0) is 13.0 Å². The first-order valence-electron chi connectivity index (χ1n) is 6.56. The van der Waals surface area contributed by atoms with Crippen molar-refractivity contribution in [2.45, 2.75) is 39.3 Å². The maximum Gasteiger partial charge on any atom is 0.111 e. The fourth-order valence-corrected chi connectivity index (χ4v) is 2.26. The molecule has 1 aromatic carbocycles. The minimum absolute atomic E-state index is 0.522. The lowest BCUT2D eigenvalue weighted by Gasteiger charge is -2.13. The highest BCUT2D eigenvalue weighted by molar-refractivity contribution is 6.31. The SMILES string of the molecule is CCCn1ccnc1CC(O)c1ccc(Cl)c(C)c1. The van der Waals surface area contributed by atoms with Gasteiger partial charge in [-0.25, -0.2) is 4.98 Å². The molecule has 0 aliphatic carbocycles. The standard InChI is InChI=1S/C15H19ClN2O/c1-3-7-18-8-6-17-15(18)10-14(19)12-4-5-13(16)11(2)9-12/h4-6,8-9,14,19H,3,7,10H2,1-2H3. The van der Waals surface area contributed by atoms with E-state index in [9.17, 15) is 5.11 Å². The quantitative estimate of drug-likeness (QED) is 0.909. The molecule has 1 atom stereocenters. The van der Waals surface area contributed by atoms with Crippen LogP contribution in [-0.4, -0.2) is 14.7 Å². The van der Waals surface area contributed by atoms with Gasteiger partial charge in [0.25, 0.3) is 0 Å². The number of aliphatic hydroxyl groups excluding tert-OH is 1. The molecule has 1 aromatic heterocycles. The monoisotopic (exact) mass is 278 g/mol. The van der Waals surface area contributed by atoms with Gasteiger partial charge in [-0.15, -0.1) is 0 Å². The second-order valence-corrected chi connectivity index (χ2v) is 5.17. The molecule has 1 N–H and O–H groups in total. The minimum atomic E-state index is -0.547. The van der Waals surface area contributed by atoms with Gasteiger partial charge in [-0.05, 0) is 30.5 Å². The minimum Gasteiger partial charge on any atom is -0.388 e. The summed E-state index contributed by atoms with van der Waals surface area (Å²) in [7, 11) is 0. The number of hydrogen-bond acceptors (Lipinski definition) is 2. The van der Waals surface area contributed by atoms with Crippen molar-refractivity contribution in [2.24, 2.45) is 0 Å². The van der Waals surface area contributed by atoms with Crippen LogP contribution in [0.1, 0.15) is 36.4 Å². The van der Waals surface area contributed by atoms with Gasteiger partial charge < -0.3 is 9.67 Å². The summed E-state index contributed by atoms with van der Waals surface area (Å²) in [5.41, 5.74) is 1.86. The van der Waals surface area contributed by atoms with E-state index in [4.69, 9.17) is 11.6 Å². The molecular weight excluding hydrogens is 260 g/mol. The van der Waals surface area contributed by atoms with Crippen LogP contribution in [0.3, 0.4) is 0 Å². The number of aryl methyl sites for hydroxylation is 2. The molecule has 0 fully saturated rings. The van der Waals surface area contributed by atoms with Gasteiger partial charge in [-0.3, -0.25) is 0 Å². The number of imidazole rings is 1. The fraction of sp³-hybridized carbons (Fsp3) is 0.400. The highest BCUT2D eigenvalue weighted by atomic mass is 35.5. The number of benzene rings is 1. The number of nitrogens with zero attached hydrogens (tertiary/aromatic N) is 2. The van der Waals surface area contributed by atoms with Gasteiger partial charge in [0.15, 0.2) is 0 Å². The second kappa shape index (κ2) is 6.22. The molecule has 0 aliphatic heterocycles. The molecule has 4 heteroatoms. The Balaban J connectivity index is 2.13. The molecule has 2 rings (SSSR count). The third-order valence-corrected chi connectivity index (χ3v) is 3.63. The summed E-state index contributed by atoms with van der Waals surface area (Å²) in [5.74, 6) is 0.918. The first-order chi connectivity index (χ1) is 9.11. The largest absolute Gasteiger partial charge is 0.388 e. The van der Waals surface area contributed by atoms with E-state index in [-0.39, 0.29) is 0 Å². The molecule has 0 spiro atoms. The van der Waals surface area contributed by atoms with E-state index in [0.29, 0.717) is 6.42 Å². The van der Waals surface area contributed by atoms with Crippen molar-refractivity contribution in [3.05, 3.63) is 52.6 Å².